The highest BCUT2D eigenvalue weighted by Gasteiger charge is 2.15. The van der Waals surface area contributed by atoms with Gasteiger partial charge in [-0.15, -0.1) is 0 Å². The van der Waals surface area contributed by atoms with Crippen LogP contribution in [0.3, 0.4) is 0 Å². The molecule has 3 aromatic rings. The Hall–Kier alpha value is -2.68. The number of primary sulfonamides is 1. The summed E-state index contributed by atoms with van der Waals surface area (Å²) in [5, 5.41) is 15.4. The molecule has 2 aromatic carbocycles. The molecule has 0 saturated carbocycles. The van der Waals surface area contributed by atoms with Crippen LogP contribution >= 0.6 is 11.6 Å². The molecule has 29 heavy (non-hydrogen) atoms. The topological polar surface area (TPSA) is 102 Å². The molecule has 0 atom stereocenters. The molecule has 0 unspecified atom stereocenters. The normalized spacial score (nSPS) is 11.6. The molecule has 0 aliphatic carbocycles. The second-order valence-corrected chi connectivity index (χ2v) is 8.46. The Morgan fingerprint density at radius 1 is 1.07 bits per heavy atom. The molecular formula is C20H18ClFN2O4S. The molecule has 0 aliphatic heterocycles. The van der Waals surface area contributed by atoms with Gasteiger partial charge in [0.25, 0.3) is 5.56 Å². The number of pyridine rings is 1. The van der Waals surface area contributed by atoms with Crippen LogP contribution in [0.1, 0.15) is 16.7 Å². The number of aryl methyl sites for hydroxylation is 2. The van der Waals surface area contributed by atoms with Gasteiger partial charge in [-0.1, -0.05) is 29.8 Å². The van der Waals surface area contributed by atoms with Crippen LogP contribution in [0.25, 0.3) is 0 Å². The molecule has 6 nitrogen and oxygen atoms in total. The van der Waals surface area contributed by atoms with E-state index in [4.69, 9.17) is 16.7 Å². The fourth-order valence-corrected chi connectivity index (χ4v) is 3.67. The van der Waals surface area contributed by atoms with E-state index in [1.807, 2.05) is 0 Å². The predicted molar refractivity (Wildman–Crippen MR) is 108 cm³/mol. The summed E-state index contributed by atoms with van der Waals surface area (Å²) in [6.07, 6.45) is 1.75. The molecule has 0 saturated heterocycles. The molecule has 0 aliphatic rings. The minimum Gasteiger partial charge on any atom is -0.507 e. The fourth-order valence-electron chi connectivity index (χ4n) is 2.93. The third kappa shape index (κ3) is 4.84. The predicted octanol–water partition coefficient (Wildman–Crippen LogP) is 2.83. The lowest BCUT2D eigenvalue weighted by atomic mass is 10.0. The van der Waals surface area contributed by atoms with Crippen molar-refractivity contribution in [1.29, 1.82) is 0 Å². The van der Waals surface area contributed by atoms with E-state index in [1.165, 1.54) is 47.2 Å². The molecular weight excluding hydrogens is 419 g/mol. The second kappa shape index (κ2) is 8.36. The highest BCUT2D eigenvalue weighted by molar-refractivity contribution is 7.89. The zero-order valence-corrected chi connectivity index (χ0v) is 16.8. The minimum atomic E-state index is -3.77. The fraction of sp³-hybridized carbons (Fsp3) is 0.150. The number of nitrogens with zero attached hydrogens (tertiary/aromatic N) is 1. The molecule has 1 heterocycles. The van der Waals surface area contributed by atoms with Gasteiger partial charge >= 0.3 is 0 Å². The molecule has 0 radical (unpaired) electrons. The third-order valence-electron chi connectivity index (χ3n) is 4.55. The van der Waals surface area contributed by atoms with Gasteiger partial charge in [0.1, 0.15) is 11.6 Å². The van der Waals surface area contributed by atoms with E-state index < -0.39 is 21.4 Å². The van der Waals surface area contributed by atoms with E-state index >= 15 is 0 Å². The maximum atomic E-state index is 14.1. The number of halogens is 2. The van der Waals surface area contributed by atoms with Crippen LogP contribution < -0.4 is 10.7 Å². The Labute approximate surface area is 172 Å². The summed E-state index contributed by atoms with van der Waals surface area (Å²) in [7, 11) is -3.77. The van der Waals surface area contributed by atoms with Crippen LogP contribution in [0.5, 0.6) is 5.75 Å². The minimum absolute atomic E-state index is 0.00658. The Balaban J connectivity index is 1.83. The molecule has 9 heteroatoms. The Morgan fingerprint density at radius 3 is 2.38 bits per heavy atom. The lowest BCUT2D eigenvalue weighted by Crippen LogP contribution is -2.24. The average Bonchev–Trinajstić information content (AvgIpc) is 2.66. The van der Waals surface area contributed by atoms with Gasteiger partial charge < -0.3 is 9.67 Å². The second-order valence-electron chi connectivity index (χ2n) is 6.49. The zero-order chi connectivity index (χ0) is 21.2. The van der Waals surface area contributed by atoms with E-state index in [-0.39, 0.29) is 39.8 Å². The van der Waals surface area contributed by atoms with Crippen molar-refractivity contribution in [1.82, 2.24) is 4.57 Å². The van der Waals surface area contributed by atoms with Crippen molar-refractivity contribution in [2.75, 3.05) is 0 Å². The van der Waals surface area contributed by atoms with Gasteiger partial charge in [-0.05, 0) is 42.3 Å². The first kappa shape index (κ1) is 21.0. The standard InChI is InChI=1S/C20H18ClFN2O4S/c21-17-2-1-3-18(22)15(17)12-16-19(25)9-11-24(20(16)26)10-8-13-4-6-14(7-5-13)29(23,27)28/h1-7,9,11,25H,8,10,12H2,(H2,23,27,28). The summed E-state index contributed by atoms with van der Waals surface area (Å²) in [6, 6.07) is 11.6. The molecule has 3 rings (SSSR count). The van der Waals surface area contributed by atoms with Crippen molar-refractivity contribution in [3.05, 3.63) is 92.6 Å². The van der Waals surface area contributed by atoms with Gasteiger partial charge in [-0.2, -0.15) is 0 Å². The van der Waals surface area contributed by atoms with Crippen molar-refractivity contribution in [2.24, 2.45) is 5.14 Å². The summed E-state index contributed by atoms with van der Waals surface area (Å²) < 4.78 is 38.1. The Bertz CT molecular complexity index is 1190. The zero-order valence-electron chi connectivity index (χ0n) is 15.2. The Morgan fingerprint density at radius 2 is 1.76 bits per heavy atom. The van der Waals surface area contributed by atoms with Crippen LogP contribution in [0.15, 0.2) is 64.4 Å². The number of sulfonamides is 1. The van der Waals surface area contributed by atoms with Crippen molar-refractivity contribution in [2.45, 2.75) is 24.3 Å². The summed E-state index contributed by atoms with van der Waals surface area (Å²) in [6.45, 7) is 0.284. The van der Waals surface area contributed by atoms with Gasteiger partial charge in [0.2, 0.25) is 10.0 Å². The van der Waals surface area contributed by atoms with Crippen molar-refractivity contribution in [3.63, 3.8) is 0 Å². The van der Waals surface area contributed by atoms with Crippen LogP contribution in [-0.4, -0.2) is 18.1 Å². The van der Waals surface area contributed by atoms with Gasteiger partial charge in [0, 0.05) is 29.7 Å². The van der Waals surface area contributed by atoms with E-state index in [0.29, 0.717) is 6.42 Å². The quantitative estimate of drug-likeness (QED) is 0.620. The van der Waals surface area contributed by atoms with Crippen LogP contribution in [0.4, 0.5) is 4.39 Å². The molecule has 0 amide bonds. The molecule has 0 bridgehead atoms. The first-order valence-electron chi connectivity index (χ1n) is 8.62. The third-order valence-corrected chi connectivity index (χ3v) is 5.83. The summed E-state index contributed by atoms with van der Waals surface area (Å²) in [5.41, 5.74) is 0.531. The largest absolute Gasteiger partial charge is 0.507 e. The maximum absolute atomic E-state index is 14.1. The Kier molecular flexibility index (Phi) is 6.07. The van der Waals surface area contributed by atoms with Crippen molar-refractivity contribution in [3.8, 4) is 5.75 Å². The number of rotatable bonds is 6. The number of benzene rings is 2. The first-order valence-corrected chi connectivity index (χ1v) is 10.5. The van der Waals surface area contributed by atoms with Crippen LogP contribution in [0, 0.1) is 5.82 Å². The number of hydrogen-bond donors (Lipinski definition) is 2. The lowest BCUT2D eigenvalue weighted by Gasteiger charge is -2.11. The van der Waals surface area contributed by atoms with Gasteiger partial charge in [-0.3, -0.25) is 4.79 Å². The smallest absolute Gasteiger partial charge is 0.257 e. The van der Waals surface area contributed by atoms with Crippen molar-refractivity contribution < 1.29 is 17.9 Å². The number of aromatic nitrogens is 1. The molecule has 0 spiro atoms. The molecule has 0 fully saturated rings. The highest BCUT2D eigenvalue weighted by atomic mass is 35.5. The lowest BCUT2D eigenvalue weighted by molar-refractivity contribution is 0.463. The average molecular weight is 437 g/mol. The number of nitrogens with two attached hydrogens (primary N) is 1. The van der Waals surface area contributed by atoms with E-state index in [0.717, 1.165) is 5.56 Å². The van der Waals surface area contributed by atoms with Gasteiger partial charge in [-0.25, -0.2) is 17.9 Å². The number of hydrogen-bond acceptors (Lipinski definition) is 4. The van der Waals surface area contributed by atoms with Crippen LogP contribution in [0.2, 0.25) is 5.02 Å². The maximum Gasteiger partial charge on any atom is 0.257 e. The van der Waals surface area contributed by atoms with Crippen LogP contribution in [-0.2, 0) is 29.4 Å². The summed E-state index contributed by atoms with van der Waals surface area (Å²) in [4.78, 5) is 12.8. The highest BCUT2D eigenvalue weighted by Crippen LogP contribution is 2.24. The number of aromatic hydroxyl groups is 1. The summed E-state index contributed by atoms with van der Waals surface area (Å²) >= 11 is 6.03. The van der Waals surface area contributed by atoms with Crippen molar-refractivity contribution >= 4 is 21.6 Å². The monoisotopic (exact) mass is 436 g/mol. The van der Waals surface area contributed by atoms with Gasteiger partial charge in [0.15, 0.2) is 0 Å². The van der Waals surface area contributed by atoms with E-state index in [9.17, 15) is 22.7 Å². The van der Waals surface area contributed by atoms with Gasteiger partial charge in [0.05, 0.1) is 10.5 Å². The van der Waals surface area contributed by atoms with E-state index in [2.05, 4.69) is 0 Å². The SMILES string of the molecule is NS(=O)(=O)c1ccc(CCn2ccc(O)c(Cc3c(F)cccc3Cl)c2=O)cc1. The first-order chi connectivity index (χ1) is 13.7. The molecule has 1 aromatic heterocycles. The van der Waals surface area contributed by atoms with E-state index in [1.54, 1.807) is 12.1 Å². The summed E-state index contributed by atoms with van der Waals surface area (Å²) in [5.74, 6) is -0.787. The molecule has 152 valence electrons. The molecule has 3 N–H and O–H groups in total.